The number of thioether (sulfide) groups is 1. The molecule has 5 rings (SSSR count). The number of rotatable bonds is 2. The van der Waals surface area contributed by atoms with Crippen molar-refractivity contribution in [2.75, 3.05) is 6.79 Å². The molecule has 1 amide bonds. The summed E-state index contributed by atoms with van der Waals surface area (Å²) in [6, 6.07) is 11.9. The number of nitrogens with two attached hydrogens (primary N) is 1. The number of hydrogen-bond acceptors (Lipinski definition) is 5. The van der Waals surface area contributed by atoms with Gasteiger partial charge in [-0.2, -0.15) is 5.10 Å². The number of amides is 1. The minimum Gasteiger partial charge on any atom is -0.454 e. The average Bonchev–Trinajstić information content (AvgIpc) is 3.26. The minimum absolute atomic E-state index is 0.229. The third-order valence-electron chi connectivity index (χ3n) is 4.61. The monoisotopic (exact) mass is 365 g/mol. The quantitative estimate of drug-likeness (QED) is 0.754. The van der Waals surface area contributed by atoms with Gasteiger partial charge in [-0.1, -0.05) is 17.7 Å². The molecular formula is C19H15N3O3S. The van der Waals surface area contributed by atoms with Gasteiger partial charge in [-0.15, -0.1) is 11.8 Å². The van der Waals surface area contributed by atoms with Gasteiger partial charge in [0.05, 0.1) is 16.3 Å². The molecular weight excluding hydrogens is 350 g/mol. The van der Waals surface area contributed by atoms with Crippen LogP contribution in [0.15, 0.2) is 41.3 Å². The van der Waals surface area contributed by atoms with Crippen molar-refractivity contribution in [2.24, 2.45) is 5.73 Å². The Labute approximate surface area is 153 Å². The zero-order chi connectivity index (χ0) is 17.8. The van der Waals surface area contributed by atoms with Crippen molar-refractivity contribution >= 4 is 17.7 Å². The van der Waals surface area contributed by atoms with Gasteiger partial charge in [0.15, 0.2) is 17.2 Å². The molecule has 130 valence electrons. The molecule has 0 fully saturated rings. The maximum absolute atomic E-state index is 12.0. The number of ether oxygens (including phenoxy) is 2. The van der Waals surface area contributed by atoms with Crippen LogP contribution < -0.4 is 15.2 Å². The number of nitrogens with zero attached hydrogens (tertiary/aromatic N) is 2. The largest absolute Gasteiger partial charge is 0.454 e. The van der Waals surface area contributed by atoms with Crippen molar-refractivity contribution in [2.45, 2.75) is 17.6 Å². The zero-order valence-corrected chi connectivity index (χ0v) is 14.8. The fourth-order valence-corrected chi connectivity index (χ4v) is 4.54. The Balaban J connectivity index is 1.79. The predicted octanol–water partition coefficient (Wildman–Crippen LogP) is 3.28. The fourth-order valence-electron chi connectivity index (χ4n) is 3.35. The molecule has 0 aliphatic carbocycles. The molecule has 2 N–H and O–H groups in total. The first kappa shape index (κ1) is 15.3. The molecule has 26 heavy (non-hydrogen) atoms. The normalized spacial score (nSPS) is 14.0. The summed E-state index contributed by atoms with van der Waals surface area (Å²) >= 11 is 1.55. The zero-order valence-electron chi connectivity index (χ0n) is 14.0. The lowest BCUT2D eigenvalue weighted by atomic mass is 10.0. The van der Waals surface area contributed by atoms with Gasteiger partial charge in [0.2, 0.25) is 6.79 Å². The maximum atomic E-state index is 12.0. The molecule has 7 heteroatoms. The number of carbonyl (C=O) groups is 1. The van der Waals surface area contributed by atoms with Crippen LogP contribution in [0.5, 0.6) is 11.5 Å². The summed E-state index contributed by atoms with van der Waals surface area (Å²) in [6.07, 6.45) is 0. The Morgan fingerprint density at radius 3 is 2.77 bits per heavy atom. The highest BCUT2D eigenvalue weighted by molar-refractivity contribution is 7.98. The van der Waals surface area contributed by atoms with E-state index in [1.807, 2.05) is 43.3 Å². The van der Waals surface area contributed by atoms with Crippen molar-refractivity contribution in [3.8, 4) is 28.4 Å². The number of hydrogen-bond donors (Lipinski definition) is 1. The number of benzene rings is 2. The van der Waals surface area contributed by atoms with Gasteiger partial charge in [0, 0.05) is 16.9 Å². The topological polar surface area (TPSA) is 79.4 Å². The molecule has 3 heterocycles. The maximum Gasteiger partial charge on any atom is 0.270 e. The lowest BCUT2D eigenvalue weighted by Gasteiger charge is -2.19. The van der Waals surface area contributed by atoms with Crippen LogP contribution in [-0.4, -0.2) is 22.5 Å². The highest BCUT2D eigenvalue weighted by Gasteiger charge is 2.32. The van der Waals surface area contributed by atoms with Crippen molar-refractivity contribution in [3.63, 3.8) is 0 Å². The Hall–Kier alpha value is -2.93. The van der Waals surface area contributed by atoms with Crippen LogP contribution in [0.3, 0.4) is 0 Å². The minimum atomic E-state index is -0.524. The molecule has 1 aromatic heterocycles. The SMILES string of the molecule is Cc1ccc(-n2nc(C(N)=O)c3c2-c2ccc4c(c2CS3)OCO4)cc1. The van der Waals surface area contributed by atoms with Crippen LogP contribution >= 0.6 is 11.8 Å². The molecule has 0 radical (unpaired) electrons. The highest BCUT2D eigenvalue weighted by atomic mass is 32.2. The summed E-state index contributed by atoms with van der Waals surface area (Å²) in [7, 11) is 0. The lowest BCUT2D eigenvalue weighted by molar-refractivity contribution is 0.0992. The van der Waals surface area contributed by atoms with Crippen molar-refractivity contribution in [3.05, 3.63) is 53.2 Å². The van der Waals surface area contributed by atoms with E-state index >= 15 is 0 Å². The van der Waals surface area contributed by atoms with E-state index in [1.165, 1.54) is 0 Å². The molecule has 0 atom stereocenters. The summed E-state index contributed by atoms with van der Waals surface area (Å²) in [5.41, 5.74) is 10.8. The van der Waals surface area contributed by atoms with E-state index in [9.17, 15) is 4.79 Å². The molecule has 6 nitrogen and oxygen atoms in total. The molecule has 2 aromatic carbocycles. The average molecular weight is 365 g/mol. The first-order chi connectivity index (χ1) is 12.6. The van der Waals surface area contributed by atoms with Crippen LogP contribution in [0, 0.1) is 6.92 Å². The molecule has 0 bridgehead atoms. The van der Waals surface area contributed by atoms with E-state index in [0.29, 0.717) is 11.4 Å². The number of aryl methyl sites for hydroxylation is 1. The van der Waals surface area contributed by atoms with Gasteiger partial charge >= 0.3 is 0 Å². The standard InChI is InChI=1S/C19H15N3O3S/c1-10-2-4-11(5-3-10)22-16-12-6-7-14-17(25-9-24-14)13(12)8-26-18(16)15(21-22)19(20)23/h2-7H,8-9H2,1H3,(H2,20,23). The van der Waals surface area contributed by atoms with Crippen molar-refractivity contribution in [1.82, 2.24) is 9.78 Å². The van der Waals surface area contributed by atoms with Crippen molar-refractivity contribution in [1.29, 1.82) is 0 Å². The van der Waals surface area contributed by atoms with E-state index in [0.717, 1.165) is 44.5 Å². The van der Waals surface area contributed by atoms with Crippen LogP contribution in [0.4, 0.5) is 0 Å². The van der Waals surface area contributed by atoms with E-state index in [-0.39, 0.29) is 6.79 Å². The van der Waals surface area contributed by atoms with Crippen LogP contribution in [0.1, 0.15) is 21.6 Å². The number of fused-ring (bicyclic) bond motifs is 5. The fraction of sp³-hybridized carbons (Fsp3) is 0.158. The first-order valence-corrected chi connectivity index (χ1v) is 9.16. The summed E-state index contributed by atoms with van der Waals surface area (Å²) in [6.45, 7) is 2.26. The van der Waals surface area contributed by atoms with Crippen LogP contribution in [0.25, 0.3) is 16.9 Å². The van der Waals surface area contributed by atoms with Gasteiger partial charge in [-0.3, -0.25) is 4.79 Å². The molecule has 2 aliphatic heterocycles. The molecule has 0 saturated carbocycles. The second-order valence-electron chi connectivity index (χ2n) is 6.25. The molecule has 0 saturated heterocycles. The summed E-state index contributed by atoms with van der Waals surface area (Å²) in [4.78, 5) is 12.8. The third kappa shape index (κ3) is 2.13. The summed E-state index contributed by atoms with van der Waals surface area (Å²) in [5, 5.41) is 4.53. The summed E-state index contributed by atoms with van der Waals surface area (Å²) < 4.78 is 13.0. The van der Waals surface area contributed by atoms with E-state index in [4.69, 9.17) is 15.2 Å². The van der Waals surface area contributed by atoms with E-state index in [2.05, 4.69) is 5.10 Å². The van der Waals surface area contributed by atoms with Gasteiger partial charge in [-0.25, -0.2) is 4.68 Å². The summed E-state index contributed by atoms with van der Waals surface area (Å²) in [5.74, 6) is 1.68. The van der Waals surface area contributed by atoms with Gasteiger partial charge in [-0.05, 0) is 31.2 Å². The molecule has 0 spiro atoms. The first-order valence-electron chi connectivity index (χ1n) is 8.18. The van der Waals surface area contributed by atoms with E-state index < -0.39 is 5.91 Å². The Kier molecular flexibility index (Phi) is 3.27. The second-order valence-corrected chi connectivity index (χ2v) is 7.24. The second kappa shape index (κ2) is 5.54. The predicted molar refractivity (Wildman–Crippen MR) is 97.9 cm³/mol. The number of aromatic nitrogens is 2. The van der Waals surface area contributed by atoms with Gasteiger partial charge in [0.25, 0.3) is 5.91 Å². The molecule has 3 aromatic rings. The van der Waals surface area contributed by atoms with Crippen LogP contribution in [-0.2, 0) is 5.75 Å². The number of carbonyl (C=O) groups excluding carboxylic acids is 1. The molecule has 2 aliphatic rings. The van der Waals surface area contributed by atoms with Gasteiger partial charge < -0.3 is 15.2 Å². The van der Waals surface area contributed by atoms with Crippen LogP contribution in [0.2, 0.25) is 0 Å². The highest BCUT2D eigenvalue weighted by Crippen LogP contribution is 2.50. The van der Waals surface area contributed by atoms with Crippen molar-refractivity contribution < 1.29 is 14.3 Å². The van der Waals surface area contributed by atoms with E-state index in [1.54, 1.807) is 16.4 Å². The Morgan fingerprint density at radius 2 is 2.00 bits per heavy atom. The van der Waals surface area contributed by atoms with Gasteiger partial charge in [0.1, 0.15) is 0 Å². The third-order valence-corrected chi connectivity index (χ3v) is 5.72. The number of primary amides is 1. The smallest absolute Gasteiger partial charge is 0.270 e. The lowest BCUT2D eigenvalue weighted by Crippen LogP contribution is -2.13. The molecule has 0 unspecified atom stereocenters. The Morgan fingerprint density at radius 1 is 1.19 bits per heavy atom. The Bertz CT molecular complexity index is 1060.